The number of aromatic amines is 1. The molecule has 10 heteroatoms. The van der Waals surface area contributed by atoms with E-state index >= 15 is 0 Å². The number of nitrogens with zero attached hydrogens (tertiary/aromatic N) is 3. The second kappa shape index (κ2) is 8.94. The number of nitrogens with one attached hydrogen (secondary N) is 3. The summed E-state index contributed by atoms with van der Waals surface area (Å²) in [7, 11) is -4.23. The number of anilines is 3. The molecule has 0 radical (unpaired) electrons. The highest BCUT2D eigenvalue weighted by atomic mass is 32.2. The SMILES string of the molecule is CC1CCN(c2ncccc2C(=O)NS(=O)(=O)c2cccc(Nc3ccc4[nH]ccc4c3)n2)C1(C)C. The van der Waals surface area contributed by atoms with Gasteiger partial charge in [-0.25, -0.2) is 14.7 Å². The van der Waals surface area contributed by atoms with Crippen molar-refractivity contribution in [1.29, 1.82) is 0 Å². The number of H-pyrrole nitrogens is 1. The number of fused-ring (bicyclic) bond motifs is 1. The average molecular weight is 505 g/mol. The van der Waals surface area contributed by atoms with Crippen LogP contribution in [0.15, 0.2) is 72.0 Å². The predicted molar refractivity (Wildman–Crippen MR) is 140 cm³/mol. The maximum atomic E-state index is 13.2. The number of aromatic nitrogens is 3. The lowest BCUT2D eigenvalue weighted by molar-refractivity contribution is 0.0981. The molecule has 186 valence electrons. The van der Waals surface area contributed by atoms with Gasteiger partial charge in [0.15, 0.2) is 5.03 Å². The van der Waals surface area contributed by atoms with E-state index in [1.165, 1.54) is 6.07 Å². The molecule has 4 heterocycles. The molecule has 1 amide bonds. The van der Waals surface area contributed by atoms with Crippen molar-refractivity contribution in [3.63, 3.8) is 0 Å². The lowest BCUT2D eigenvalue weighted by Crippen LogP contribution is -2.43. The third kappa shape index (κ3) is 4.39. The van der Waals surface area contributed by atoms with Crippen LogP contribution in [0.5, 0.6) is 0 Å². The van der Waals surface area contributed by atoms with Crippen molar-refractivity contribution in [1.82, 2.24) is 19.7 Å². The van der Waals surface area contributed by atoms with Gasteiger partial charge < -0.3 is 15.2 Å². The van der Waals surface area contributed by atoms with Gasteiger partial charge in [0.25, 0.3) is 15.9 Å². The minimum Gasteiger partial charge on any atom is -0.361 e. The Morgan fingerprint density at radius 3 is 2.75 bits per heavy atom. The Hall–Kier alpha value is -3.92. The Morgan fingerprint density at radius 1 is 1.14 bits per heavy atom. The first kappa shape index (κ1) is 23.8. The molecule has 0 aliphatic carbocycles. The summed E-state index contributed by atoms with van der Waals surface area (Å²) in [6.07, 6.45) is 4.42. The molecule has 36 heavy (non-hydrogen) atoms. The monoisotopic (exact) mass is 504 g/mol. The van der Waals surface area contributed by atoms with E-state index in [4.69, 9.17) is 0 Å². The van der Waals surface area contributed by atoms with E-state index < -0.39 is 15.9 Å². The van der Waals surface area contributed by atoms with Crippen LogP contribution >= 0.6 is 0 Å². The summed E-state index contributed by atoms with van der Waals surface area (Å²) in [6, 6.07) is 15.5. The molecule has 4 aromatic rings. The number of hydrogen-bond acceptors (Lipinski definition) is 7. The number of carbonyl (C=O) groups excluding carboxylic acids is 1. The highest BCUT2D eigenvalue weighted by molar-refractivity contribution is 7.90. The van der Waals surface area contributed by atoms with Crippen molar-refractivity contribution in [3.8, 4) is 0 Å². The zero-order valence-electron chi connectivity index (χ0n) is 20.3. The fourth-order valence-electron chi connectivity index (χ4n) is 4.54. The van der Waals surface area contributed by atoms with Gasteiger partial charge in [0, 0.05) is 41.1 Å². The first-order valence-corrected chi connectivity index (χ1v) is 13.2. The summed E-state index contributed by atoms with van der Waals surface area (Å²) in [6.45, 7) is 7.11. The molecule has 1 aliphatic heterocycles. The number of benzene rings is 1. The van der Waals surface area contributed by atoms with E-state index in [0.29, 0.717) is 17.6 Å². The molecule has 3 aromatic heterocycles. The lowest BCUT2D eigenvalue weighted by Gasteiger charge is -2.36. The molecule has 1 atom stereocenters. The quantitative estimate of drug-likeness (QED) is 0.355. The Balaban J connectivity index is 1.38. The Kier molecular flexibility index (Phi) is 5.91. The van der Waals surface area contributed by atoms with Crippen molar-refractivity contribution in [2.45, 2.75) is 37.8 Å². The van der Waals surface area contributed by atoms with E-state index in [0.717, 1.165) is 29.6 Å². The third-order valence-electron chi connectivity index (χ3n) is 7.03. The third-order valence-corrected chi connectivity index (χ3v) is 8.26. The second-order valence-corrected chi connectivity index (χ2v) is 11.2. The Bertz CT molecular complexity index is 1550. The maximum absolute atomic E-state index is 13.2. The zero-order chi connectivity index (χ0) is 25.5. The predicted octanol–water partition coefficient (Wildman–Crippen LogP) is 4.45. The number of carbonyl (C=O) groups is 1. The number of hydrogen-bond donors (Lipinski definition) is 3. The van der Waals surface area contributed by atoms with Gasteiger partial charge in [-0.05, 0) is 74.7 Å². The van der Waals surface area contributed by atoms with Crippen LogP contribution in [0, 0.1) is 5.92 Å². The number of pyridine rings is 2. The summed E-state index contributed by atoms with van der Waals surface area (Å²) in [4.78, 5) is 27.1. The topological polar surface area (TPSA) is 120 Å². The van der Waals surface area contributed by atoms with Gasteiger partial charge >= 0.3 is 0 Å². The van der Waals surface area contributed by atoms with Gasteiger partial charge in [0.2, 0.25) is 0 Å². The molecular formula is C26H28N6O3S. The van der Waals surface area contributed by atoms with Crippen molar-refractivity contribution in [2.24, 2.45) is 5.92 Å². The fraction of sp³-hybridized carbons (Fsp3) is 0.269. The van der Waals surface area contributed by atoms with Gasteiger partial charge in [-0.15, -0.1) is 0 Å². The minimum absolute atomic E-state index is 0.206. The number of sulfonamides is 1. The van der Waals surface area contributed by atoms with Crippen LogP contribution in [0.3, 0.4) is 0 Å². The molecule has 0 bridgehead atoms. The van der Waals surface area contributed by atoms with Crippen molar-refractivity contribution in [2.75, 3.05) is 16.8 Å². The van der Waals surface area contributed by atoms with Crippen molar-refractivity contribution < 1.29 is 13.2 Å². The molecule has 1 aliphatic rings. The number of rotatable bonds is 6. The number of amides is 1. The molecular weight excluding hydrogens is 476 g/mol. The minimum atomic E-state index is -4.23. The van der Waals surface area contributed by atoms with Gasteiger partial charge in [-0.3, -0.25) is 4.79 Å². The average Bonchev–Trinajstić information content (AvgIpc) is 3.42. The summed E-state index contributed by atoms with van der Waals surface area (Å²) < 4.78 is 28.4. The van der Waals surface area contributed by atoms with Crippen molar-refractivity contribution in [3.05, 3.63) is 72.6 Å². The second-order valence-electron chi connectivity index (χ2n) is 9.57. The molecule has 1 saturated heterocycles. The van der Waals surface area contributed by atoms with E-state index in [2.05, 4.69) is 50.7 Å². The fourth-order valence-corrected chi connectivity index (χ4v) is 5.48. The van der Waals surface area contributed by atoms with Gasteiger partial charge in [0.05, 0.1) is 5.56 Å². The van der Waals surface area contributed by atoms with Crippen LogP contribution in [0.4, 0.5) is 17.3 Å². The largest absolute Gasteiger partial charge is 0.361 e. The molecule has 1 unspecified atom stereocenters. The molecule has 1 fully saturated rings. The first-order chi connectivity index (χ1) is 17.1. The summed E-state index contributed by atoms with van der Waals surface area (Å²) >= 11 is 0. The molecule has 3 N–H and O–H groups in total. The summed E-state index contributed by atoms with van der Waals surface area (Å²) in [5.74, 6) is 0.473. The lowest BCUT2D eigenvalue weighted by atomic mass is 9.90. The van der Waals surface area contributed by atoms with Crippen LogP contribution in [-0.4, -0.2) is 41.4 Å². The van der Waals surface area contributed by atoms with Crippen LogP contribution in [0.25, 0.3) is 10.9 Å². The summed E-state index contributed by atoms with van der Waals surface area (Å²) in [5, 5.41) is 3.88. The molecule has 5 rings (SSSR count). The Morgan fingerprint density at radius 2 is 1.97 bits per heavy atom. The molecule has 0 spiro atoms. The van der Waals surface area contributed by atoms with Gasteiger partial charge in [-0.1, -0.05) is 13.0 Å². The molecule has 0 saturated carbocycles. The standard InChI is InChI=1S/C26H28N6O3S/c1-17-12-15-32(26(17,2)3)24-20(6-5-13-28-24)25(33)31-36(34,35)23-8-4-7-22(30-23)29-19-9-10-21-18(16-19)11-14-27-21/h4-11,13-14,16-17,27H,12,15H2,1-3H3,(H,29,30)(H,31,33). The van der Waals surface area contributed by atoms with E-state index in [9.17, 15) is 13.2 Å². The van der Waals surface area contributed by atoms with Crippen LogP contribution in [-0.2, 0) is 10.0 Å². The molecule has 9 nitrogen and oxygen atoms in total. The highest BCUT2D eigenvalue weighted by Gasteiger charge is 2.40. The van der Waals surface area contributed by atoms with Gasteiger partial charge in [-0.2, -0.15) is 8.42 Å². The zero-order valence-corrected chi connectivity index (χ0v) is 21.1. The van der Waals surface area contributed by atoms with E-state index in [1.807, 2.05) is 30.5 Å². The van der Waals surface area contributed by atoms with Gasteiger partial charge in [0.1, 0.15) is 11.6 Å². The maximum Gasteiger partial charge on any atom is 0.281 e. The van der Waals surface area contributed by atoms with Crippen LogP contribution in [0.1, 0.15) is 37.6 Å². The normalized spacial score (nSPS) is 17.3. The van der Waals surface area contributed by atoms with Crippen LogP contribution in [0.2, 0.25) is 0 Å². The highest BCUT2D eigenvalue weighted by Crippen LogP contribution is 2.38. The van der Waals surface area contributed by atoms with Crippen LogP contribution < -0.4 is 14.9 Å². The molecule has 1 aromatic carbocycles. The van der Waals surface area contributed by atoms with E-state index in [1.54, 1.807) is 30.5 Å². The smallest absolute Gasteiger partial charge is 0.281 e. The van der Waals surface area contributed by atoms with Crippen molar-refractivity contribution >= 4 is 44.2 Å². The summed E-state index contributed by atoms with van der Waals surface area (Å²) in [5.41, 5.74) is 1.75. The van der Waals surface area contributed by atoms with E-state index in [-0.39, 0.29) is 16.1 Å². The first-order valence-electron chi connectivity index (χ1n) is 11.8. The Labute approximate surface area is 210 Å².